The summed E-state index contributed by atoms with van der Waals surface area (Å²) in [6.45, 7) is 2.61. The van der Waals surface area contributed by atoms with Crippen LogP contribution in [0.5, 0.6) is 0 Å². The van der Waals surface area contributed by atoms with Crippen LogP contribution in [0.25, 0.3) is 10.9 Å². The second-order valence-corrected chi connectivity index (χ2v) is 4.82. The number of rotatable bonds is 6. The number of amides is 1. The third kappa shape index (κ3) is 3.35. The van der Waals surface area contributed by atoms with E-state index in [9.17, 15) is 4.79 Å². The fraction of sp³-hybridized carbons (Fsp3) is 0.400. The summed E-state index contributed by atoms with van der Waals surface area (Å²) in [4.78, 5) is 15.3. The average molecular weight is 259 g/mol. The Morgan fingerprint density at radius 2 is 2.21 bits per heavy atom. The SMILES string of the molecule is CCCCC(CN)NC(=O)c1cc2ccccc2[nH]1. The van der Waals surface area contributed by atoms with Crippen molar-refractivity contribution in [2.24, 2.45) is 5.73 Å². The highest BCUT2D eigenvalue weighted by Crippen LogP contribution is 2.14. The molecule has 0 fully saturated rings. The van der Waals surface area contributed by atoms with E-state index in [-0.39, 0.29) is 11.9 Å². The smallest absolute Gasteiger partial charge is 0.267 e. The van der Waals surface area contributed by atoms with Gasteiger partial charge in [-0.25, -0.2) is 0 Å². The third-order valence-corrected chi connectivity index (χ3v) is 3.30. The molecule has 0 bridgehead atoms. The largest absolute Gasteiger partial charge is 0.351 e. The monoisotopic (exact) mass is 259 g/mol. The van der Waals surface area contributed by atoms with Crippen molar-refractivity contribution in [3.8, 4) is 0 Å². The molecular formula is C15H21N3O. The summed E-state index contributed by atoms with van der Waals surface area (Å²) in [5.74, 6) is -0.0808. The molecule has 2 aromatic rings. The Kier molecular flexibility index (Phi) is 4.58. The van der Waals surface area contributed by atoms with Crippen molar-refractivity contribution in [3.63, 3.8) is 0 Å². The van der Waals surface area contributed by atoms with E-state index in [0.717, 1.165) is 30.2 Å². The second kappa shape index (κ2) is 6.38. The first-order valence-corrected chi connectivity index (χ1v) is 6.83. The Bertz CT molecular complexity index is 514. The molecule has 102 valence electrons. The van der Waals surface area contributed by atoms with Crippen LogP contribution in [0, 0.1) is 0 Å². The Labute approximate surface area is 113 Å². The zero-order chi connectivity index (χ0) is 13.7. The molecule has 0 spiro atoms. The Morgan fingerprint density at radius 1 is 1.42 bits per heavy atom. The van der Waals surface area contributed by atoms with Crippen molar-refractivity contribution >= 4 is 16.8 Å². The molecule has 4 heteroatoms. The number of unbranched alkanes of at least 4 members (excludes halogenated alkanes) is 1. The number of benzene rings is 1. The van der Waals surface area contributed by atoms with Crippen LogP contribution in [0.3, 0.4) is 0 Å². The lowest BCUT2D eigenvalue weighted by atomic mass is 10.1. The Morgan fingerprint density at radius 3 is 2.89 bits per heavy atom. The highest BCUT2D eigenvalue weighted by molar-refractivity contribution is 5.98. The van der Waals surface area contributed by atoms with Crippen molar-refractivity contribution in [1.82, 2.24) is 10.3 Å². The zero-order valence-corrected chi connectivity index (χ0v) is 11.3. The molecule has 2 rings (SSSR count). The van der Waals surface area contributed by atoms with Gasteiger partial charge in [0, 0.05) is 23.5 Å². The van der Waals surface area contributed by atoms with E-state index in [0.29, 0.717) is 12.2 Å². The number of H-pyrrole nitrogens is 1. The van der Waals surface area contributed by atoms with Crippen molar-refractivity contribution in [1.29, 1.82) is 0 Å². The highest BCUT2D eigenvalue weighted by atomic mass is 16.1. The second-order valence-electron chi connectivity index (χ2n) is 4.82. The molecule has 4 N–H and O–H groups in total. The Hall–Kier alpha value is -1.81. The molecule has 1 amide bonds. The fourth-order valence-electron chi connectivity index (χ4n) is 2.16. The Balaban J connectivity index is 2.06. The molecule has 1 aromatic heterocycles. The molecule has 1 unspecified atom stereocenters. The molecule has 0 aliphatic rings. The van der Waals surface area contributed by atoms with E-state index in [2.05, 4.69) is 17.2 Å². The van der Waals surface area contributed by atoms with Crippen LogP contribution in [0.2, 0.25) is 0 Å². The molecule has 1 heterocycles. The lowest BCUT2D eigenvalue weighted by molar-refractivity contribution is 0.0931. The van der Waals surface area contributed by atoms with E-state index < -0.39 is 0 Å². The van der Waals surface area contributed by atoms with Crippen LogP contribution in [-0.2, 0) is 0 Å². The van der Waals surface area contributed by atoms with Crippen LogP contribution in [0.1, 0.15) is 36.7 Å². The minimum absolute atomic E-state index is 0.0545. The third-order valence-electron chi connectivity index (χ3n) is 3.30. The van der Waals surface area contributed by atoms with Gasteiger partial charge in [0.15, 0.2) is 0 Å². The number of nitrogens with two attached hydrogens (primary N) is 1. The maximum atomic E-state index is 12.1. The molecule has 4 nitrogen and oxygen atoms in total. The molecule has 1 aromatic carbocycles. The number of aromatic nitrogens is 1. The summed E-state index contributed by atoms with van der Waals surface area (Å²) in [5.41, 5.74) is 7.26. The van der Waals surface area contributed by atoms with Gasteiger partial charge in [-0.15, -0.1) is 0 Å². The summed E-state index contributed by atoms with van der Waals surface area (Å²) in [6.07, 6.45) is 3.12. The first kappa shape index (κ1) is 13.6. The number of fused-ring (bicyclic) bond motifs is 1. The predicted molar refractivity (Wildman–Crippen MR) is 78.1 cm³/mol. The van der Waals surface area contributed by atoms with Crippen LogP contribution in [0.15, 0.2) is 30.3 Å². The van der Waals surface area contributed by atoms with Crippen LogP contribution < -0.4 is 11.1 Å². The summed E-state index contributed by atoms with van der Waals surface area (Å²) in [5, 5.41) is 4.03. The molecule has 0 aliphatic carbocycles. The molecule has 0 radical (unpaired) electrons. The van der Waals surface area contributed by atoms with Gasteiger partial charge in [0.2, 0.25) is 0 Å². The van der Waals surface area contributed by atoms with E-state index in [1.165, 1.54) is 0 Å². The number of aromatic amines is 1. The lowest BCUT2D eigenvalue weighted by Gasteiger charge is -2.15. The van der Waals surface area contributed by atoms with Gasteiger partial charge in [0.1, 0.15) is 5.69 Å². The van der Waals surface area contributed by atoms with E-state index in [4.69, 9.17) is 5.73 Å². The van der Waals surface area contributed by atoms with Crippen molar-refractivity contribution in [2.45, 2.75) is 32.2 Å². The number of carbonyl (C=O) groups is 1. The average Bonchev–Trinajstić information content (AvgIpc) is 2.87. The van der Waals surface area contributed by atoms with Crippen LogP contribution in [-0.4, -0.2) is 23.5 Å². The fourth-order valence-corrected chi connectivity index (χ4v) is 2.16. The number of para-hydroxylation sites is 1. The molecule has 19 heavy (non-hydrogen) atoms. The lowest BCUT2D eigenvalue weighted by Crippen LogP contribution is -2.40. The maximum absolute atomic E-state index is 12.1. The predicted octanol–water partition coefficient (Wildman–Crippen LogP) is 2.42. The minimum Gasteiger partial charge on any atom is -0.351 e. The highest BCUT2D eigenvalue weighted by Gasteiger charge is 2.13. The standard InChI is InChI=1S/C15H21N3O/c1-2-3-7-12(10-16)17-15(19)14-9-11-6-4-5-8-13(11)18-14/h4-6,8-9,12,18H,2-3,7,10,16H2,1H3,(H,17,19). The number of carbonyl (C=O) groups excluding carboxylic acids is 1. The first-order valence-electron chi connectivity index (χ1n) is 6.83. The van der Waals surface area contributed by atoms with Crippen LogP contribution >= 0.6 is 0 Å². The van der Waals surface area contributed by atoms with E-state index >= 15 is 0 Å². The summed E-state index contributed by atoms with van der Waals surface area (Å²) < 4.78 is 0. The van der Waals surface area contributed by atoms with E-state index in [1.807, 2.05) is 30.3 Å². The summed E-state index contributed by atoms with van der Waals surface area (Å²) in [6, 6.07) is 9.78. The molecular weight excluding hydrogens is 238 g/mol. The van der Waals surface area contributed by atoms with Gasteiger partial charge in [-0.05, 0) is 18.6 Å². The van der Waals surface area contributed by atoms with Gasteiger partial charge in [0.05, 0.1) is 0 Å². The summed E-state index contributed by atoms with van der Waals surface area (Å²) in [7, 11) is 0. The van der Waals surface area contributed by atoms with E-state index in [1.54, 1.807) is 0 Å². The molecule has 0 aliphatic heterocycles. The van der Waals surface area contributed by atoms with Gasteiger partial charge < -0.3 is 16.0 Å². The van der Waals surface area contributed by atoms with Gasteiger partial charge in [-0.3, -0.25) is 4.79 Å². The quantitative estimate of drug-likeness (QED) is 0.745. The minimum atomic E-state index is -0.0808. The maximum Gasteiger partial charge on any atom is 0.267 e. The van der Waals surface area contributed by atoms with Crippen molar-refractivity contribution < 1.29 is 4.79 Å². The van der Waals surface area contributed by atoms with Gasteiger partial charge in [0.25, 0.3) is 5.91 Å². The van der Waals surface area contributed by atoms with Gasteiger partial charge >= 0.3 is 0 Å². The zero-order valence-electron chi connectivity index (χ0n) is 11.3. The van der Waals surface area contributed by atoms with Crippen LogP contribution in [0.4, 0.5) is 0 Å². The molecule has 0 saturated carbocycles. The van der Waals surface area contributed by atoms with Crippen molar-refractivity contribution in [3.05, 3.63) is 36.0 Å². The number of nitrogens with one attached hydrogen (secondary N) is 2. The summed E-state index contributed by atoms with van der Waals surface area (Å²) >= 11 is 0. The topological polar surface area (TPSA) is 70.9 Å². The number of hydrogen-bond acceptors (Lipinski definition) is 2. The normalized spacial score (nSPS) is 12.5. The molecule has 1 atom stereocenters. The molecule has 0 saturated heterocycles. The number of hydrogen-bond donors (Lipinski definition) is 3. The first-order chi connectivity index (χ1) is 9.24. The van der Waals surface area contributed by atoms with Gasteiger partial charge in [-0.2, -0.15) is 0 Å². The van der Waals surface area contributed by atoms with Crippen molar-refractivity contribution in [2.75, 3.05) is 6.54 Å². The van der Waals surface area contributed by atoms with Gasteiger partial charge in [-0.1, -0.05) is 38.0 Å².